The molecule has 1 aromatic carbocycles. The van der Waals surface area contributed by atoms with Gasteiger partial charge in [0.05, 0.1) is 16.3 Å². The molecule has 1 unspecified atom stereocenters. The van der Waals surface area contributed by atoms with E-state index >= 15 is 0 Å². The van der Waals surface area contributed by atoms with E-state index in [-0.39, 0.29) is 6.04 Å². The highest BCUT2D eigenvalue weighted by Gasteiger charge is 2.14. The van der Waals surface area contributed by atoms with Crippen molar-refractivity contribution in [3.8, 4) is 0 Å². The molecule has 3 rings (SSSR count). The van der Waals surface area contributed by atoms with Crippen molar-refractivity contribution < 1.29 is 0 Å². The maximum Gasteiger partial charge on any atom is 0.0809 e. The topological polar surface area (TPSA) is 50.9 Å². The van der Waals surface area contributed by atoms with E-state index in [9.17, 15) is 0 Å². The monoisotopic (exact) mass is 317 g/mol. The van der Waals surface area contributed by atoms with Gasteiger partial charge in [-0.05, 0) is 53.6 Å². The normalized spacial score (nSPS) is 12.7. The Morgan fingerprint density at radius 2 is 2.19 bits per heavy atom. The standard InChI is InChI=1S/C16H16ClN3S/c1-10-2-3-11(13(17)6-10)7-15(20-18)12-8-16-14(19-9-12)4-5-21-16/h2-6,8-9,15,20H,7,18H2,1H3. The summed E-state index contributed by atoms with van der Waals surface area (Å²) in [5, 5.41) is 2.82. The van der Waals surface area contributed by atoms with Crippen molar-refractivity contribution in [1.82, 2.24) is 10.4 Å². The molecule has 2 heterocycles. The minimum absolute atomic E-state index is 0.00999. The molecule has 0 saturated carbocycles. The number of hydrogen-bond donors (Lipinski definition) is 2. The fourth-order valence-corrected chi connectivity index (χ4v) is 3.46. The number of halogens is 1. The second kappa shape index (κ2) is 6.12. The van der Waals surface area contributed by atoms with Crippen molar-refractivity contribution in [2.75, 3.05) is 0 Å². The van der Waals surface area contributed by atoms with Crippen molar-refractivity contribution >= 4 is 33.2 Å². The summed E-state index contributed by atoms with van der Waals surface area (Å²) in [6.45, 7) is 2.03. The lowest BCUT2D eigenvalue weighted by Crippen LogP contribution is -2.29. The molecular weight excluding hydrogens is 302 g/mol. The lowest BCUT2D eigenvalue weighted by Gasteiger charge is -2.17. The Morgan fingerprint density at radius 1 is 1.33 bits per heavy atom. The van der Waals surface area contributed by atoms with Crippen LogP contribution in [0, 0.1) is 6.92 Å². The number of hydrogen-bond acceptors (Lipinski definition) is 4. The minimum Gasteiger partial charge on any atom is -0.271 e. The molecule has 0 aliphatic heterocycles. The zero-order valence-electron chi connectivity index (χ0n) is 11.6. The van der Waals surface area contributed by atoms with E-state index in [1.165, 1.54) is 4.70 Å². The summed E-state index contributed by atoms with van der Waals surface area (Å²) in [5.41, 5.74) is 7.20. The second-order valence-electron chi connectivity index (χ2n) is 5.09. The number of aromatic nitrogens is 1. The van der Waals surface area contributed by atoms with Crippen LogP contribution in [0.3, 0.4) is 0 Å². The van der Waals surface area contributed by atoms with E-state index in [1.807, 2.05) is 30.6 Å². The molecule has 3 N–H and O–H groups in total. The molecule has 5 heteroatoms. The van der Waals surface area contributed by atoms with E-state index < -0.39 is 0 Å². The van der Waals surface area contributed by atoms with Crippen LogP contribution in [0.4, 0.5) is 0 Å². The summed E-state index contributed by atoms with van der Waals surface area (Å²) < 4.78 is 1.17. The molecule has 3 nitrogen and oxygen atoms in total. The Bertz CT molecular complexity index is 769. The van der Waals surface area contributed by atoms with Gasteiger partial charge in [0.2, 0.25) is 0 Å². The zero-order chi connectivity index (χ0) is 14.8. The van der Waals surface area contributed by atoms with Gasteiger partial charge in [0.15, 0.2) is 0 Å². The number of nitrogens with one attached hydrogen (secondary N) is 1. The number of benzene rings is 1. The van der Waals surface area contributed by atoms with E-state index in [0.29, 0.717) is 0 Å². The van der Waals surface area contributed by atoms with Crippen molar-refractivity contribution in [2.45, 2.75) is 19.4 Å². The molecule has 0 aliphatic carbocycles. The third-order valence-corrected chi connectivity index (χ3v) is 4.76. The second-order valence-corrected chi connectivity index (χ2v) is 6.45. The van der Waals surface area contributed by atoms with Gasteiger partial charge in [0.1, 0.15) is 0 Å². The molecule has 21 heavy (non-hydrogen) atoms. The smallest absolute Gasteiger partial charge is 0.0809 e. The number of pyridine rings is 1. The maximum atomic E-state index is 6.31. The summed E-state index contributed by atoms with van der Waals surface area (Å²) in [4.78, 5) is 4.47. The quantitative estimate of drug-likeness (QED) is 0.565. The van der Waals surface area contributed by atoms with Gasteiger partial charge in [0, 0.05) is 11.2 Å². The van der Waals surface area contributed by atoms with Gasteiger partial charge in [-0.1, -0.05) is 23.7 Å². The molecule has 0 fully saturated rings. The number of hydrazine groups is 1. The van der Waals surface area contributed by atoms with Crippen LogP contribution in [-0.2, 0) is 6.42 Å². The summed E-state index contributed by atoms with van der Waals surface area (Å²) in [7, 11) is 0. The summed E-state index contributed by atoms with van der Waals surface area (Å²) in [6, 6.07) is 10.2. The maximum absolute atomic E-state index is 6.31. The Morgan fingerprint density at radius 3 is 2.95 bits per heavy atom. The molecule has 3 aromatic rings. The SMILES string of the molecule is Cc1ccc(CC(NN)c2cnc3ccsc3c2)c(Cl)c1. The van der Waals surface area contributed by atoms with Gasteiger partial charge in [-0.3, -0.25) is 16.3 Å². The van der Waals surface area contributed by atoms with Crippen LogP contribution in [0.1, 0.15) is 22.7 Å². The predicted octanol–water partition coefficient (Wildman–Crippen LogP) is 4.01. The molecule has 0 saturated heterocycles. The summed E-state index contributed by atoms with van der Waals surface area (Å²) >= 11 is 8.00. The average Bonchev–Trinajstić information content (AvgIpc) is 2.94. The van der Waals surface area contributed by atoms with Crippen LogP contribution in [0.25, 0.3) is 10.2 Å². The Labute approximate surface area is 132 Å². The lowest BCUT2D eigenvalue weighted by molar-refractivity contribution is 0.551. The van der Waals surface area contributed by atoms with Gasteiger partial charge >= 0.3 is 0 Å². The number of nitrogens with zero attached hydrogens (tertiary/aromatic N) is 1. The Balaban J connectivity index is 1.90. The summed E-state index contributed by atoms with van der Waals surface area (Å²) in [5.74, 6) is 5.73. The molecule has 108 valence electrons. The summed E-state index contributed by atoms with van der Waals surface area (Å²) in [6.07, 6.45) is 2.61. The first-order chi connectivity index (χ1) is 10.2. The average molecular weight is 318 g/mol. The van der Waals surface area contributed by atoms with Crippen LogP contribution in [0.5, 0.6) is 0 Å². The first kappa shape index (κ1) is 14.5. The molecule has 0 bridgehead atoms. The van der Waals surface area contributed by atoms with Crippen molar-refractivity contribution in [3.63, 3.8) is 0 Å². The highest BCUT2D eigenvalue weighted by molar-refractivity contribution is 7.17. The van der Waals surface area contributed by atoms with Gasteiger partial charge in [-0.15, -0.1) is 11.3 Å². The molecule has 0 amide bonds. The van der Waals surface area contributed by atoms with Crippen molar-refractivity contribution in [1.29, 1.82) is 0 Å². The third-order valence-electron chi connectivity index (χ3n) is 3.56. The lowest BCUT2D eigenvalue weighted by atomic mass is 10.00. The highest BCUT2D eigenvalue weighted by atomic mass is 35.5. The number of fused-ring (bicyclic) bond motifs is 1. The number of aryl methyl sites for hydroxylation is 1. The van der Waals surface area contributed by atoms with Crippen molar-refractivity contribution in [2.24, 2.45) is 5.84 Å². The molecule has 2 aromatic heterocycles. The fraction of sp³-hybridized carbons (Fsp3) is 0.188. The van der Waals surface area contributed by atoms with Crippen LogP contribution >= 0.6 is 22.9 Å². The number of rotatable bonds is 4. The van der Waals surface area contributed by atoms with E-state index in [4.69, 9.17) is 17.4 Å². The van der Waals surface area contributed by atoms with Crippen LogP contribution in [-0.4, -0.2) is 4.98 Å². The largest absolute Gasteiger partial charge is 0.271 e. The van der Waals surface area contributed by atoms with Gasteiger partial charge in [0.25, 0.3) is 0 Å². The van der Waals surface area contributed by atoms with E-state index in [1.54, 1.807) is 11.3 Å². The van der Waals surface area contributed by atoms with E-state index in [0.717, 1.165) is 33.7 Å². The number of thiophene rings is 1. The minimum atomic E-state index is -0.00999. The first-order valence-corrected chi connectivity index (χ1v) is 7.97. The Hall–Kier alpha value is -1.46. The molecular formula is C16H16ClN3S. The molecule has 0 aliphatic rings. The third kappa shape index (κ3) is 3.09. The predicted molar refractivity (Wildman–Crippen MR) is 89.6 cm³/mol. The van der Waals surface area contributed by atoms with Gasteiger partial charge < -0.3 is 0 Å². The number of nitrogens with two attached hydrogens (primary N) is 1. The molecule has 1 atom stereocenters. The first-order valence-electron chi connectivity index (χ1n) is 6.71. The van der Waals surface area contributed by atoms with Crippen molar-refractivity contribution in [3.05, 3.63) is 63.6 Å². The van der Waals surface area contributed by atoms with Crippen LogP contribution < -0.4 is 11.3 Å². The van der Waals surface area contributed by atoms with Gasteiger partial charge in [-0.25, -0.2) is 0 Å². The Kier molecular flexibility index (Phi) is 4.22. The van der Waals surface area contributed by atoms with Crippen LogP contribution in [0.15, 0.2) is 41.9 Å². The van der Waals surface area contributed by atoms with E-state index in [2.05, 4.69) is 28.6 Å². The molecule has 0 radical (unpaired) electrons. The fourth-order valence-electron chi connectivity index (χ4n) is 2.36. The molecule has 0 spiro atoms. The highest BCUT2D eigenvalue weighted by Crippen LogP contribution is 2.27. The zero-order valence-corrected chi connectivity index (χ0v) is 13.2. The van der Waals surface area contributed by atoms with Crippen LogP contribution in [0.2, 0.25) is 5.02 Å². The van der Waals surface area contributed by atoms with Gasteiger partial charge in [-0.2, -0.15) is 0 Å².